The molecule has 2 aliphatic heterocycles. The van der Waals surface area contributed by atoms with Crippen LogP contribution in [0.4, 0.5) is 5.13 Å². The highest BCUT2D eigenvalue weighted by atomic mass is 35.5. The number of aromatic nitrogens is 1. The molecule has 0 spiro atoms. The van der Waals surface area contributed by atoms with Crippen molar-refractivity contribution in [3.8, 4) is 11.5 Å². The lowest BCUT2D eigenvalue weighted by Gasteiger charge is -2.21. The van der Waals surface area contributed by atoms with Gasteiger partial charge in [0.2, 0.25) is 0 Å². The van der Waals surface area contributed by atoms with E-state index in [1.165, 1.54) is 0 Å². The molecule has 2 aliphatic rings. The summed E-state index contributed by atoms with van der Waals surface area (Å²) in [6, 6.07) is 11.3. The first-order chi connectivity index (χ1) is 15.1. The molecule has 0 bridgehead atoms. The first kappa shape index (κ1) is 20.5. The number of ether oxygens (including phenoxy) is 2. The summed E-state index contributed by atoms with van der Waals surface area (Å²) in [5.41, 5.74) is 1.53. The first-order valence-corrected chi connectivity index (χ1v) is 11.5. The van der Waals surface area contributed by atoms with E-state index in [1.807, 2.05) is 24.3 Å². The number of benzene rings is 2. The Labute approximate surface area is 190 Å². The molecule has 0 amide bonds. The molecule has 31 heavy (non-hydrogen) atoms. The number of carbonyl (C=O) groups is 1. The van der Waals surface area contributed by atoms with Crippen LogP contribution in [-0.2, 0) is 0 Å². The summed E-state index contributed by atoms with van der Waals surface area (Å²) in [5, 5.41) is 1.81. The molecule has 8 heteroatoms. The number of likely N-dealkylation sites (tertiary alicyclic amines) is 1. The number of fused-ring (bicyclic) bond motifs is 2. The van der Waals surface area contributed by atoms with E-state index in [1.54, 1.807) is 37.7 Å². The maximum atomic E-state index is 13.1. The van der Waals surface area contributed by atoms with E-state index in [-0.39, 0.29) is 5.78 Å². The third-order valence-electron chi connectivity index (χ3n) is 6.25. The normalized spacial score (nSPS) is 20.9. The van der Waals surface area contributed by atoms with Crippen molar-refractivity contribution < 1.29 is 14.3 Å². The van der Waals surface area contributed by atoms with Gasteiger partial charge < -0.3 is 14.4 Å². The maximum Gasteiger partial charge on any atom is 0.186 e. The van der Waals surface area contributed by atoms with E-state index in [0.717, 1.165) is 46.5 Å². The second-order valence-electron chi connectivity index (χ2n) is 8.19. The van der Waals surface area contributed by atoms with Gasteiger partial charge in [0.25, 0.3) is 0 Å². The SMILES string of the molecule is COc1cccc(OC)c1C(=O)CN1CC2CN(c3nc4ccc(Cl)cc4s3)CC2C1. The second-order valence-corrected chi connectivity index (χ2v) is 9.63. The number of hydrogen-bond acceptors (Lipinski definition) is 7. The monoisotopic (exact) mass is 457 g/mol. The number of thiazole rings is 1. The lowest BCUT2D eigenvalue weighted by molar-refractivity contribution is 0.0935. The summed E-state index contributed by atoms with van der Waals surface area (Å²) in [5.74, 6) is 2.25. The van der Waals surface area contributed by atoms with Crippen molar-refractivity contribution >= 4 is 44.1 Å². The van der Waals surface area contributed by atoms with Crippen LogP contribution in [-0.4, -0.2) is 62.6 Å². The molecule has 3 aromatic rings. The van der Waals surface area contributed by atoms with Crippen LogP contribution >= 0.6 is 22.9 Å². The number of anilines is 1. The van der Waals surface area contributed by atoms with Crippen molar-refractivity contribution in [2.24, 2.45) is 11.8 Å². The molecule has 5 rings (SSSR count). The van der Waals surface area contributed by atoms with Crippen molar-refractivity contribution in [2.45, 2.75) is 0 Å². The van der Waals surface area contributed by atoms with Gasteiger partial charge in [-0.1, -0.05) is 29.0 Å². The predicted octanol–water partition coefficient (Wildman–Crippen LogP) is 4.22. The molecule has 2 atom stereocenters. The third kappa shape index (κ3) is 3.86. The summed E-state index contributed by atoms with van der Waals surface area (Å²) in [6.45, 7) is 4.16. The van der Waals surface area contributed by atoms with E-state index >= 15 is 0 Å². The molecular formula is C23H24ClN3O3S. The van der Waals surface area contributed by atoms with Crippen molar-refractivity contribution in [1.82, 2.24) is 9.88 Å². The van der Waals surface area contributed by atoms with Crippen molar-refractivity contribution in [1.29, 1.82) is 0 Å². The minimum Gasteiger partial charge on any atom is -0.496 e. The Kier molecular flexibility index (Phi) is 5.50. The van der Waals surface area contributed by atoms with Crippen LogP contribution in [0, 0.1) is 11.8 Å². The molecule has 0 aliphatic carbocycles. The van der Waals surface area contributed by atoms with Gasteiger partial charge >= 0.3 is 0 Å². The predicted molar refractivity (Wildman–Crippen MR) is 124 cm³/mol. The van der Waals surface area contributed by atoms with Crippen LogP contribution in [0.25, 0.3) is 10.2 Å². The number of halogens is 1. The van der Waals surface area contributed by atoms with Gasteiger partial charge in [-0.25, -0.2) is 4.98 Å². The number of methoxy groups -OCH3 is 2. The summed E-state index contributed by atoms with van der Waals surface area (Å²) < 4.78 is 11.9. The Morgan fingerprint density at radius 1 is 1.10 bits per heavy atom. The molecular weight excluding hydrogens is 434 g/mol. The summed E-state index contributed by atoms with van der Waals surface area (Å²) in [6.07, 6.45) is 0. The summed E-state index contributed by atoms with van der Waals surface area (Å²) in [4.78, 5) is 22.5. The fourth-order valence-corrected chi connectivity index (χ4v) is 6.07. The molecule has 6 nitrogen and oxygen atoms in total. The lowest BCUT2D eigenvalue weighted by Crippen LogP contribution is -2.32. The van der Waals surface area contributed by atoms with Crippen LogP contribution in [0.2, 0.25) is 5.02 Å². The third-order valence-corrected chi connectivity index (χ3v) is 7.56. The van der Waals surface area contributed by atoms with Crippen LogP contribution in [0.5, 0.6) is 11.5 Å². The van der Waals surface area contributed by atoms with Gasteiger partial charge in [-0.05, 0) is 42.2 Å². The smallest absolute Gasteiger partial charge is 0.186 e. The van der Waals surface area contributed by atoms with Crippen LogP contribution < -0.4 is 14.4 Å². The molecule has 2 saturated heterocycles. The Morgan fingerprint density at radius 3 is 2.42 bits per heavy atom. The molecule has 1 aromatic heterocycles. The molecule has 3 heterocycles. The zero-order chi connectivity index (χ0) is 21.5. The van der Waals surface area contributed by atoms with Gasteiger partial charge in [-0.3, -0.25) is 9.69 Å². The van der Waals surface area contributed by atoms with E-state index in [9.17, 15) is 4.79 Å². The quantitative estimate of drug-likeness (QED) is 0.516. The Bertz CT molecular complexity index is 1100. The largest absolute Gasteiger partial charge is 0.496 e. The molecule has 2 aromatic carbocycles. The number of ketones is 1. The van der Waals surface area contributed by atoms with Crippen molar-refractivity contribution in [3.05, 3.63) is 47.0 Å². The average molecular weight is 458 g/mol. The highest BCUT2D eigenvalue weighted by Gasteiger charge is 2.41. The zero-order valence-electron chi connectivity index (χ0n) is 17.5. The van der Waals surface area contributed by atoms with Crippen LogP contribution in [0.15, 0.2) is 36.4 Å². The number of hydrogen-bond donors (Lipinski definition) is 0. The molecule has 0 saturated carbocycles. The molecule has 162 valence electrons. The van der Waals surface area contributed by atoms with Gasteiger partial charge in [0.1, 0.15) is 17.1 Å². The number of rotatable bonds is 6. The lowest BCUT2D eigenvalue weighted by atomic mass is 10.0. The Hall–Kier alpha value is -2.35. The van der Waals surface area contributed by atoms with Crippen LogP contribution in [0.3, 0.4) is 0 Å². The Morgan fingerprint density at radius 2 is 1.77 bits per heavy atom. The molecule has 2 fully saturated rings. The fraction of sp³-hybridized carbons (Fsp3) is 0.391. The highest BCUT2D eigenvalue weighted by molar-refractivity contribution is 7.22. The van der Waals surface area contributed by atoms with Gasteiger partial charge in [0, 0.05) is 31.2 Å². The van der Waals surface area contributed by atoms with E-state index in [0.29, 0.717) is 35.4 Å². The number of nitrogens with zero attached hydrogens (tertiary/aromatic N) is 3. The summed E-state index contributed by atoms with van der Waals surface area (Å²) in [7, 11) is 3.16. The van der Waals surface area contributed by atoms with Crippen LogP contribution in [0.1, 0.15) is 10.4 Å². The molecule has 0 N–H and O–H groups in total. The van der Waals surface area contributed by atoms with Crippen molar-refractivity contribution in [3.63, 3.8) is 0 Å². The Balaban J connectivity index is 1.25. The van der Waals surface area contributed by atoms with Gasteiger partial charge in [-0.2, -0.15) is 0 Å². The minimum absolute atomic E-state index is 0.0363. The fourth-order valence-electron chi connectivity index (χ4n) is 4.81. The number of carbonyl (C=O) groups excluding carboxylic acids is 1. The van der Waals surface area contributed by atoms with Gasteiger partial charge in [0.15, 0.2) is 10.9 Å². The average Bonchev–Trinajstić information content (AvgIpc) is 3.45. The van der Waals surface area contributed by atoms with Crippen molar-refractivity contribution in [2.75, 3.05) is 51.8 Å². The van der Waals surface area contributed by atoms with E-state index < -0.39 is 0 Å². The first-order valence-electron chi connectivity index (χ1n) is 10.3. The minimum atomic E-state index is 0.0363. The van der Waals surface area contributed by atoms with E-state index in [4.69, 9.17) is 26.1 Å². The zero-order valence-corrected chi connectivity index (χ0v) is 19.1. The standard InChI is InChI=1S/C23H24ClN3O3S/c1-29-19-4-3-5-20(30-2)22(19)18(28)13-26-9-14-11-27(12-15(14)10-26)23-25-17-7-6-16(24)8-21(17)31-23/h3-8,14-15H,9-13H2,1-2H3. The number of Topliss-reactive ketones (excluding diaryl/α,β-unsaturated/α-hetero) is 1. The topological polar surface area (TPSA) is 54.9 Å². The maximum absolute atomic E-state index is 13.1. The van der Waals surface area contributed by atoms with Gasteiger partial charge in [0.05, 0.1) is 31.0 Å². The van der Waals surface area contributed by atoms with E-state index in [2.05, 4.69) is 9.80 Å². The second kappa shape index (κ2) is 8.30. The highest BCUT2D eigenvalue weighted by Crippen LogP contribution is 2.38. The van der Waals surface area contributed by atoms with Gasteiger partial charge in [-0.15, -0.1) is 0 Å². The molecule has 2 unspecified atom stereocenters. The molecule has 0 radical (unpaired) electrons. The summed E-state index contributed by atoms with van der Waals surface area (Å²) >= 11 is 7.82.